The van der Waals surface area contributed by atoms with Crippen molar-refractivity contribution in [2.24, 2.45) is 0 Å². The van der Waals surface area contributed by atoms with E-state index < -0.39 is 11.2 Å². The van der Waals surface area contributed by atoms with Crippen molar-refractivity contribution in [1.82, 2.24) is 9.55 Å². The smallest absolute Gasteiger partial charge is 0.330 e. The van der Waals surface area contributed by atoms with Gasteiger partial charge in [-0.2, -0.15) is 0 Å². The monoisotopic (exact) mass is 225 g/mol. The van der Waals surface area contributed by atoms with Gasteiger partial charge in [-0.15, -0.1) is 0 Å². The number of anilines is 1. The second-order valence-electron chi connectivity index (χ2n) is 4.06. The van der Waals surface area contributed by atoms with Crippen molar-refractivity contribution in [2.75, 3.05) is 12.8 Å². The fourth-order valence-electron chi connectivity index (χ4n) is 2.27. The summed E-state index contributed by atoms with van der Waals surface area (Å²) in [4.78, 5) is 24.9. The minimum absolute atomic E-state index is 0.0225. The molecule has 2 unspecified atom stereocenters. The Morgan fingerprint density at radius 3 is 2.81 bits per heavy atom. The van der Waals surface area contributed by atoms with Gasteiger partial charge in [0.05, 0.1) is 6.10 Å². The first kappa shape index (κ1) is 10.9. The molecule has 6 heteroatoms. The molecule has 0 bridgehead atoms. The molecule has 6 nitrogen and oxygen atoms in total. The van der Waals surface area contributed by atoms with Crippen LogP contribution >= 0.6 is 0 Å². The Morgan fingerprint density at radius 1 is 1.50 bits per heavy atom. The molecule has 1 fully saturated rings. The number of nitrogens with two attached hydrogens (primary N) is 1. The van der Waals surface area contributed by atoms with Crippen molar-refractivity contribution in [3.63, 3.8) is 0 Å². The molecule has 88 valence electrons. The van der Waals surface area contributed by atoms with E-state index in [0.29, 0.717) is 0 Å². The molecule has 0 spiro atoms. The van der Waals surface area contributed by atoms with Gasteiger partial charge in [-0.25, -0.2) is 4.79 Å². The molecule has 0 radical (unpaired) electrons. The molecule has 0 aromatic carbocycles. The molecule has 1 heterocycles. The van der Waals surface area contributed by atoms with Gasteiger partial charge in [0, 0.05) is 19.2 Å². The van der Waals surface area contributed by atoms with Crippen LogP contribution in [0.1, 0.15) is 25.3 Å². The fourth-order valence-corrected chi connectivity index (χ4v) is 2.27. The van der Waals surface area contributed by atoms with Crippen LogP contribution in [-0.4, -0.2) is 22.8 Å². The third-order valence-electron chi connectivity index (χ3n) is 3.06. The number of methoxy groups -OCH3 is 1. The van der Waals surface area contributed by atoms with Crippen molar-refractivity contribution in [3.05, 3.63) is 26.9 Å². The van der Waals surface area contributed by atoms with Gasteiger partial charge in [-0.1, -0.05) is 0 Å². The Labute approximate surface area is 92.0 Å². The highest BCUT2D eigenvalue weighted by Crippen LogP contribution is 2.31. The van der Waals surface area contributed by atoms with Crippen LogP contribution < -0.4 is 17.0 Å². The molecule has 1 aliphatic rings. The van der Waals surface area contributed by atoms with E-state index in [-0.39, 0.29) is 18.0 Å². The summed E-state index contributed by atoms with van der Waals surface area (Å²) in [6, 6.07) is 1.26. The van der Waals surface area contributed by atoms with Gasteiger partial charge in [0.1, 0.15) is 5.82 Å². The lowest BCUT2D eigenvalue weighted by molar-refractivity contribution is 0.105. The first-order valence-electron chi connectivity index (χ1n) is 5.26. The number of rotatable bonds is 2. The number of aromatic nitrogens is 2. The maximum Gasteiger partial charge on any atom is 0.330 e. The summed E-state index contributed by atoms with van der Waals surface area (Å²) in [6.07, 6.45) is 2.68. The average Bonchev–Trinajstić information content (AvgIpc) is 2.64. The Bertz CT molecular complexity index is 491. The third-order valence-corrected chi connectivity index (χ3v) is 3.06. The van der Waals surface area contributed by atoms with Crippen molar-refractivity contribution in [1.29, 1.82) is 0 Å². The van der Waals surface area contributed by atoms with Gasteiger partial charge in [0.15, 0.2) is 0 Å². The lowest BCUT2D eigenvalue weighted by Gasteiger charge is -2.15. The Hall–Kier alpha value is -1.56. The molecular weight excluding hydrogens is 210 g/mol. The number of H-pyrrole nitrogens is 1. The summed E-state index contributed by atoms with van der Waals surface area (Å²) in [5.41, 5.74) is 4.79. The maximum atomic E-state index is 11.6. The Morgan fingerprint density at radius 2 is 2.25 bits per heavy atom. The number of nitrogens with one attached hydrogen (secondary N) is 1. The van der Waals surface area contributed by atoms with Gasteiger partial charge >= 0.3 is 5.69 Å². The maximum absolute atomic E-state index is 11.6. The van der Waals surface area contributed by atoms with Crippen molar-refractivity contribution < 1.29 is 4.74 Å². The largest absolute Gasteiger partial charge is 0.385 e. The third kappa shape index (κ3) is 1.88. The highest BCUT2D eigenvalue weighted by atomic mass is 16.5. The second kappa shape index (κ2) is 4.13. The van der Waals surface area contributed by atoms with Gasteiger partial charge in [-0.3, -0.25) is 14.3 Å². The quantitative estimate of drug-likeness (QED) is 0.733. The topological polar surface area (TPSA) is 90.1 Å². The zero-order valence-corrected chi connectivity index (χ0v) is 9.10. The van der Waals surface area contributed by atoms with Gasteiger partial charge in [0.25, 0.3) is 5.56 Å². The normalized spacial score (nSPS) is 24.8. The molecule has 1 aliphatic carbocycles. The SMILES string of the molecule is COC1CCC(n2c(N)cc(=O)[nH]c2=O)C1. The fraction of sp³-hybridized carbons (Fsp3) is 0.600. The number of aromatic amines is 1. The summed E-state index contributed by atoms with van der Waals surface area (Å²) >= 11 is 0. The molecule has 1 aromatic heterocycles. The molecule has 16 heavy (non-hydrogen) atoms. The van der Waals surface area contributed by atoms with Gasteiger partial charge in [0.2, 0.25) is 0 Å². The molecule has 0 aliphatic heterocycles. The van der Waals surface area contributed by atoms with E-state index >= 15 is 0 Å². The number of nitrogens with zero attached hydrogens (tertiary/aromatic N) is 1. The highest BCUT2D eigenvalue weighted by Gasteiger charge is 2.27. The van der Waals surface area contributed by atoms with Gasteiger partial charge < -0.3 is 10.5 Å². The number of hydrogen-bond donors (Lipinski definition) is 2. The molecule has 1 saturated carbocycles. The average molecular weight is 225 g/mol. The molecule has 0 amide bonds. The number of ether oxygens (including phenoxy) is 1. The Kier molecular flexibility index (Phi) is 2.82. The zero-order valence-electron chi connectivity index (χ0n) is 9.10. The molecule has 2 atom stereocenters. The van der Waals surface area contributed by atoms with E-state index in [0.717, 1.165) is 19.3 Å². The lowest BCUT2D eigenvalue weighted by Crippen LogP contribution is -2.33. The molecule has 3 N–H and O–H groups in total. The zero-order chi connectivity index (χ0) is 11.7. The van der Waals surface area contributed by atoms with E-state index in [1.165, 1.54) is 10.6 Å². The van der Waals surface area contributed by atoms with E-state index in [1.807, 2.05) is 0 Å². The van der Waals surface area contributed by atoms with Crippen molar-refractivity contribution in [2.45, 2.75) is 31.4 Å². The van der Waals surface area contributed by atoms with Crippen LogP contribution in [0.4, 0.5) is 5.82 Å². The molecule has 1 aromatic rings. The summed E-state index contributed by atoms with van der Waals surface area (Å²) < 4.78 is 6.68. The molecular formula is C10H15N3O3. The van der Waals surface area contributed by atoms with Crippen LogP contribution in [-0.2, 0) is 4.74 Å². The van der Waals surface area contributed by atoms with Crippen LogP contribution in [0, 0.1) is 0 Å². The second-order valence-corrected chi connectivity index (χ2v) is 4.06. The van der Waals surface area contributed by atoms with Crippen LogP contribution in [0.2, 0.25) is 0 Å². The minimum Gasteiger partial charge on any atom is -0.385 e. The predicted molar refractivity (Wildman–Crippen MR) is 59.4 cm³/mol. The first-order valence-corrected chi connectivity index (χ1v) is 5.26. The van der Waals surface area contributed by atoms with E-state index in [2.05, 4.69) is 4.98 Å². The molecule has 2 rings (SSSR count). The van der Waals surface area contributed by atoms with Crippen LogP contribution in [0.15, 0.2) is 15.7 Å². The summed E-state index contributed by atoms with van der Waals surface area (Å²) in [6.45, 7) is 0. The lowest BCUT2D eigenvalue weighted by atomic mass is 10.2. The highest BCUT2D eigenvalue weighted by molar-refractivity contribution is 5.27. The van der Waals surface area contributed by atoms with E-state index in [4.69, 9.17) is 10.5 Å². The van der Waals surface area contributed by atoms with Crippen molar-refractivity contribution >= 4 is 5.82 Å². The summed E-state index contributed by atoms with van der Waals surface area (Å²) in [5, 5.41) is 0. The summed E-state index contributed by atoms with van der Waals surface area (Å²) in [5.74, 6) is 0.218. The number of nitrogen functional groups attached to an aromatic ring is 1. The predicted octanol–water partition coefficient (Wildman–Crippen LogP) is -0.141. The van der Waals surface area contributed by atoms with Crippen LogP contribution in [0.25, 0.3) is 0 Å². The number of hydrogen-bond acceptors (Lipinski definition) is 4. The molecule has 0 saturated heterocycles. The Balaban J connectivity index is 2.35. The first-order chi connectivity index (χ1) is 7.61. The van der Waals surface area contributed by atoms with E-state index in [1.54, 1.807) is 7.11 Å². The minimum atomic E-state index is -0.458. The van der Waals surface area contributed by atoms with Crippen molar-refractivity contribution in [3.8, 4) is 0 Å². The van der Waals surface area contributed by atoms with Crippen LogP contribution in [0.5, 0.6) is 0 Å². The van der Waals surface area contributed by atoms with Gasteiger partial charge in [-0.05, 0) is 19.3 Å². The van der Waals surface area contributed by atoms with E-state index in [9.17, 15) is 9.59 Å². The summed E-state index contributed by atoms with van der Waals surface area (Å²) in [7, 11) is 1.66. The standard InChI is InChI=1S/C10H15N3O3/c1-16-7-3-2-6(4-7)13-8(11)5-9(14)12-10(13)15/h5-7H,2-4,11H2,1H3,(H,12,14,15). The van der Waals surface area contributed by atoms with Crippen LogP contribution in [0.3, 0.4) is 0 Å².